The van der Waals surface area contributed by atoms with Crippen molar-refractivity contribution in [2.45, 2.75) is 89.8 Å². The maximum Gasteiger partial charge on any atom is 0.118 e. The average Bonchev–Trinajstić information content (AvgIpc) is 2.42. The predicted molar refractivity (Wildman–Crippen MR) is 87.8 cm³/mol. The monoisotopic (exact) mass is 276 g/mol. The Kier molecular flexibility index (Phi) is 10.0. The molecule has 19 heavy (non-hydrogen) atoms. The molecule has 2 radical (unpaired) electrons. The second kappa shape index (κ2) is 11.0. The zero-order valence-electron chi connectivity index (χ0n) is 13.3. The Morgan fingerprint density at radius 1 is 1.11 bits per heavy atom. The van der Waals surface area contributed by atoms with Gasteiger partial charge < -0.3 is 0 Å². The summed E-state index contributed by atoms with van der Waals surface area (Å²) in [6, 6.07) is 0. The van der Waals surface area contributed by atoms with Crippen LogP contribution in [0.4, 0.5) is 0 Å². The van der Waals surface area contributed by atoms with Crippen LogP contribution in [0.25, 0.3) is 0 Å². The minimum absolute atomic E-state index is 0.946. The Balaban J connectivity index is 1.94. The van der Waals surface area contributed by atoms with E-state index in [1.807, 2.05) is 0 Å². The molecule has 1 aliphatic rings. The van der Waals surface area contributed by atoms with Gasteiger partial charge >= 0.3 is 0 Å². The van der Waals surface area contributed by atoms with E-state index in [4.69, 9.17) is 0 Å². The molecule has 0 bridgehead atoms. The van der Waals surface area contributed by atoms with Crippen molar-refractivity contribution in [3.8, 4) is 0 Å². The molecular weight excluding hydrogens is 243 g/mol. The molecular formula is C18H33Al. The molecule has 0 spiro atoms. The van der Waals surface area contributed by atoms with Gasteiger partial charge in [0.05, 0.1) is 0 Å². The van der Waals surface area contributed by atoms with Crippen molar-refractivity contribution in [3.05, 3.63) is 11.6 Å². The van der Waals surface area contributed by atoms with Gasteiger partial charge in [-0.15, -0.1) is 5.28 Å². The lowest BCUT2D eigenvalue weighted by atomic mass is 9.79. The molecule has 0 saturated heterocycles. The zero-order chi connectivity index (χ0) is 13.9. The van der Waals surface area contributed by atoms with Crippen LogP contribution in [0, 0.1) is 11.8 Å². The first-order chi connectivity index (χ1) is 9.24. The molecule has 0 aromatic rings. The van der Waals surface area contributed by atoms with E-state index in [2.05, 4.69) is 36.2 Å². The van der Waals surface area contributed by atoms with Crippen molar-refractivity contribution in [1.82, 2.24) is 0 Å². The number of rotatable bonds is 10. The Hall–Kier alpha value is 0.272. The lowest BCUT2D eigenvalue weighted by molar-refractivity contribution is 0.301. The lowest BCUT2D eigenvalue weighted by Gasteiger charge is -2.26. The molecule has 1 aliphatic carbocycles. The first-order valence-electron chi connectivity index (χ1n) is 8.59. The third-order valence-electron chi connectivity index (χ3n) is 4.85. The van der Waals surface area contributed by atoms with Gasteiger partial charge in [-0.2, -0.15) is 0 Å². The highest BCUT2D eigenvalue weighted by Crippen LogP contribution is 2.31. The molecule has 108 valence electrons. The van der Waals surface area contributed by atoms with E-state index in [1.165, 1.54) is 75.9 Å². The molecule has 0 aromatic carbocycles. The molecule has 0 aliphatic heterocycles. The third kappa shape index (κ3) is 8.21. The van der Waals surface area contributed by atoms with E-state index in [9.17, 15) is 0 Å². The van der Waals surface area contributed by atoms with Crippen molar-refractivity contribution < 1.29 is 0 Å². The van der Waals surface area contributed by atoms with Crippen LogP contribution < -0.4 is 0 Å². The highest BCUT2D eigenvalue weighted by molar-refractivity contribution is 6.08. The van der Waals surface area contributed by atoms with Crippen LogP contribution in [-0.4, -0.2) is 16.3 Å². The van der Waals surface area contributed by atoms with Crippen LogP contribution in [0.15, 0.2) is 11.6 Å². The average molecular weight is 276 g/mol. The maximum atomic E-state index is 2.83. The first-order valence-corrected chi connectivity index (χ1v) is 9.41. The smallest absolute Gasteiger partial charge is 0.118 e. The fraction of sp³-hybridized carbons (Fsp3) is 0.889. The van der Waals surface area contributed by atoms with Gasteiger partial charge in [0.15, 0.2) is 0 Å². The fourth-order valence-electron chi connectivity index (χ4n) is 3.23. The summed E-state index contributed by atoms with van der Waals surface area (Å²) >= 11 is 2.83. The van der Waals surface area contributed by atoms with Crippen molar-refractivity contribution in [2.24, 2.45) is 11.8 Å². The Morgan fingerprint density at radius 2 is 1.74 bits per heavy atom. The van der Waals surface area contributed by atoms with E-state index >= 15 is 0 Å². The molecule has 1 heteroatoms. The molecule has 0 heterocycles. The summed E-state index contributed by atoms with van der Waals surface area (Å²) < 4.78 is 0. The SMILES string of the molecule is CC1=CCC(C(C)CCCCCCCC[CH2][Al])CC1. The van der Waals surface area contributed by atoms with Gasteiger partial charge in [0.1, 0.15) is 16.3 Å². The van der Waals surface area contributed by atoms with E-state index < -0.39 is 0 Å². The minimum Gasteiger partial charge on any atom is -0.118 e. The highest BCUT2D eigenvalue weighted by atomic mass is 27.0. The number of hydrogen-bond donors (Lipinski definition) is 0. The molecule has 0 aromatic heterocycles. The van der Waals surface area contributed by atoms with Gasteiger partial charge in [-0.25, -0.2) is 0 Å². The van der Waals surface area contributed by atoms with E-state index in [1.54, 1.807) is 5.57 Å². The topological polar surface area (TPSA) is 0 Å². The molecule has 1 rings (SSSR count). The highest BCUT2D eigenvalue weighted by Gasteiger charge is 2.18. The second-order valence-electron chi connectivity index (χ2n) is 6.61. The fourth-order valence-corrected chi connectivity index (χ4v) is 3.52. The largest absolute Gasteiger partial charge is 0.118 e. The molecule has 0 nitrogen and oxygen atoms in total. The van der Waals surface area contributed by atoms with Gasteiger partial charge in [0, 0.05) is 0 Å². The molecule has 0 saturated carbocycles. The predicted octanol–water partition coefficient (Wildman–Crippen LogP) is 6.08. The Morgan fingerprint density at radius 3 is 2.32 bits per heavy atom. The lowest BCUT2D eigenvalue weighted by Crippen LogP contribution is -2.14. The van der Waals surface area contributed by atoms with Crippen LogP contribution >= 0.6 is 0 Å². The molecule has 2 unspecified atom stereocenters. The summed E-state index contributed by atoms with van der Waals surface area (Å²) in [6.07, 6.45) is 18.2. The van der Waals surface area contributed by atoms with Crippen LogP contribution in [-0.2, 0) is 0 Å². The third-order valence-corrected chi connectivity index (χ3v) is 5.26. The van der Waals surface area contributed by atoms with Crippen LogP contribution in [0.1, 0.15) is 84.5 Å². The summed E-state index contributed by atoms with van der Waals surface area (Å²) in [4.78, 5) is 0. The summed E-state index contributed by atoms with van der Waals surface area (Å²) in [5.74, 6) is 1.92. The summed E-state index contributed by atoms with van der Waals surface area (Å²) in [5, 5.41) is 1.28. The normalized spacial score (nSPS) is 21.2. The molecule has 2 atom stereocenters. The molecule has 0 fully saturated rings. The maximum absolute atomic E-state index is 2.83. The number of allylic oxidation sites excluding steroid dienone is 2. The number of unbranched alkanes of at least 4 members (excludes halogenated alkanes) is 6. The van der Waals surface area contributed by atoms with E-state index in [0.29, 0.717) is 0 Å². The van der Waals surface area contributed by atoms with Crippen LogP contribution in [0.5, 0.6) is 0 Å². The van der Waals surface area contributed by atoms with Crippen LogP contribution in [0.3, 0.4) is 0 Å². The van der Waals surface area contributed by atoms with Crippen LogP contribution in [0.2, 0.25) is 5.28 Å². The van der Waals surface area contributed by atoms with Gasteiger partial charge in [-0.1, -0.05) is 69.9 Å². The van der Waals surface area contributed by atoms with E-state index in [0.717, 1.165) is 11.8 Å². The second-order valence-corrected chi connectivity index (χ2v) is 7.19. The van der Waals surface area contributed by atoms with Crippen molar-refractivity contribution >= 4 is 16.3 Å². The minimum atomic E-state index is 0.946. The molecule has 0 amide bonds. The Bertz CT molecular complexity index is 244. The number of hydrogen-bond acceptors (Lipinski definition) is 0. The Labute approximate surface area is 129 Å². The van der Waals surface area contributed by atoms with Gasteiger partial charge in [-0.05, 0) is 38.0 Å². The summed E-state index contributed by atoms with van der Waals surface area (Å²) in [7, 11) is 0. The van der Waals surface area contributed by atoms with E-state index in [-0.39, 0.29) is 0 Å². The van der Waals surface area contributed by atoms with Gasteiger partial charge in [0.2, 0.25) is 0 Å². The quantitative estimate of drug-likeness (QED) is 0.258. The van der Waals surface area contributed by atoms with Crippen molar-refractivity contribution in [1.29, 1.82) is 0 Å². The molecule has 0 N–H and O–H groups in total. The van der Waals surface area contributed by atoms with Gasteiger partial charge in [0.25, 0.3) is 0 Å². The zero-order valence-corrected chi connectivity index (χ0v) is 14.4. The summed E-state index contributed by atoms with van der Waals surface area (Å²) in [5.41, 5.74) is 1.62. The first kappa shape index (κ1) is 17.3. The van der Waals surface area contributed by atoms with Crippen molar-refractivity contribution in [2.75, 3.05) is 0 Å². The standard InChI is InChI=1S/C18H33.Al/c1-4-5-6-7-8-9-10-11-17(3)18-14-12-16(2)13-15-18;/h12,17-18H,1,4-11,13-15H2,2-3H3;. The van der Waals surface area contributed by atoms with Gasteiger partial charge in [-0.3, -0.25) is 0 Å². The van der Waals surface area contributed by atoms with Crippen molar-refractivity contribution in [3.63, 3.8) is 0 Å². The summed E-state index contributed by atoms with van der Waals surface area (Å²) in [6.45, 7) is 4.77.